The van der Waals surface area contributed by atoms with Crippen LogP contribution >= 0.6 is 0 Å². The molecule has 0 saturated heterocycles. The summed E-state index contributed by atoms with van der Waals surface area (Å²) in [5, 5.41) is 12.9. The lowest BCUT2D eigenvalue weighted by Crippen LogP contribution is -2.38. The summed E-state index contributed by atoms with van der Waals surface area (Å²) in [5.41, 5.74) is 8.65. The number of carboxylic acid groups (broad SMARTS) is 1. The Balaban J connectivity index is 1.64. The highest BCUT2D eigenvalue weighted by Crippen LogP contribution is 2.41. The van der Waals surface area contributed by atoms with Gasteiger partial charge in [0.15, 0.2) is 11.5 Å². The Kier molecular flexibility index (Phi) is 5.40. The molecule has 0 bridgehead atoms. The van der Waals surface area contributed by atoms with Crippen molar-refractivity contribution in [1.29, 1.82) is 0 Å². The second-order valence-corrected chi connectivity index (χ2v) is 7.42. The maximum absolute atomic E-state index is 12.3. The molecule has 0 fully saturated rings. The molecular weight excluding hydrogens is 372 g/mol. The SMILES string of the molecule is NCCCC(=O)N[C@@H]1Cc2ccccc2[C@@H]1Cc1ccc2c(c1C(=O)O)OCO2. The monoisotopic (exact) mass is 396 g/mol. The van der Waals surface area contributed by atoms with E-state index in [9.17, 15) is 14.7 Å². The molecule has 2 aromatic carbocycles. The first-order valence-electron chi connectivity index (χ1n) is 9.80. The Labute approximate surface area is 168 Å². The first-order valence-corrected chi connectivity index (χ1v) is 9.80. The summed E-state index contributed by atoms with van der Waals surface area (Å²) in [6.07, 6.45) is 2.24. The number of hydrogen-bond donors (Lipinski definition) is 3. The van der Waals surface area contributed by atoms with Crippen LogP contribution in [0.1, 0.15) is 45.8 Å². The average molecular weight is 396 g/mol. The maximum atomic E-state index is 12.3. The van der Waals surface area contributed by atoms with Crippen LogP contribution in [0.15, 0.2) is 36.4 Å². The van der Waals surface area contributed by atoms with Gasteiger partial charge < -0.3 is 25.6 Å². The molecule has 0 unspecified atom stereocenters. The summed E-state index contributed by atoms with van der Waals surface area (Å²) < 4.78 is 10.7. The zero-order chi connectivity index (χ0) is 20.4. The van der Waals surface area contributed by atoms with Gasteiger partial charge in [0.05, 0.1) is 0 Å². The number of rotatable bonds is 7. The van der Waals surface area contributed by atoms with E-state index in [1.54, 1.807) is 12.1 Å². The van der Waals surface area contributed by atoms with Gasteiger partial charge >= 0.3 is 5.97 Å². The lowest BCUT2D eigenvalue weighted by Gasteiger charge is -2.23. The van der Waals surface area contributed by atoms with Gasteiger partial charge in [-0.3, -0.25) is 4.79 Å². The van der Waals surface area contributed by atoms with E-state index in [-0.39, 0.29) is 36.0 Å². The van der Waals surface area contributed by atoms with Crippen LogP contribution in [0.4, 0.5) is 0 Å². The van der Waals surface area contributed by atoms with Crippen molar-refractivity contribution < 1.29 is 24.2 Å². The normalized spacial score (nSPS) is 19.1. The zero-order valence-corrected chi connectivity index (χ0v) is 16.0. The fraction of sp³-hybridized carbons (Fsp3) is 0.364. The number of carboxylic acids is 1. The number of carbonyl (C=O) groups excluding carboxylic acids is 1. The predicted molar refractivity (Wildman–Crippen MR) is 106 cm³/mol. The summed E-state index contributed by atoms with van der Waals surface area (Å²) in [4.78, 5) is 24.3. The molecule has 0 saturated carbocycles. The maximum Gasteiger partial charge on any atom is 0.339 e. The molecule has 1 aliphatic carbocycles. The number of nitrogens with two attached hydrogens (primary N) is 1. The Hall–Kier alpha value is -3.06. The van der Waals surface area contributed by atoms with Gasteiger partial charge in [0.2, 0.25) is 12.7 Å². The zero-order valence-electron chi connectivity index (χ0n) is 16.0. The number of hydrogen-bond acceptors (Lipinski definition) is 5. The number of aromatic carboxylic acids is 1. The van der Waals surface area contributed by atoms with Gasteiger partial charge in [0.1, 0.15) is 5.56 Å². The first kappa shape index (κ1) is 19.3. The molecule has 0 radical (unpaired) electrons. The minimum absolute atomic E-state index is 0.0190. The van der Waals surface area contributed by atoms with Crippen LogP contribution in [0.5, 0.6) is 11.5 Å². The molecule has 1 amide bonds. The average Bonchev–Trinajstić information content (AvgIpc) is 3.31. The van der Waals surface area contributed by atoms with Crippen LogP contribution in [0, 0.1) is 0 Å². The third-order valence-electron chi connectivity index (χ3n) is 5.61. The minimum atomic E-state index is -1.04. The van der Waals surface area contributed by atoms with Crippen LogP contribution in [0.3, 0.4) is 0 Å². The van der Waals surface area contributed by atoms with Crippen LogP contribution in [0.25, 0.3) is 0 Å². The highest BCUT2D eigenvalue weighted by Gasteiger charge is 2.35. The summed E-state index contributed by atoms with van der Waals surface area (Å²) in [6.45, 7) is 0.492. The van der Waals surface area contributed by atoms with Gasteiger partial charge in [-0.2, -0.15) is 0 Å². The Morgan fingerprint density at radius 1 is 1.17 bits per heavy atom. The van der Waals surface area contributed by atoms with Crippen molar-refractivity contribution in [2.24, 2.45) is 5.73 Å². The van der Waals surface area contributed by atoms with E-state index in [0.717, 1.165) is 12.0 Å². The molecule has 29 heavy (non-hydrogen) atoms. The van der Waals surface area contributed by atoms with Crippen molar-refractivity contribution in [3.8, 4) is 11.5 Å². The molecule has 7 nitrogen and oxygen atoms in total. The van der Waals surface area contributed by atoms with E-state index in [1.165, 1.54) is 5.56 Å². The van der Waals surface area contributed by atoms with E-state index < -0.39 is 5.97 Å². The quantitative estimate of drug-likeness (QED) is 0.662. The van der Waals surface area contributed by atoms with E-state index in [1.807, 2.05) is 12.1 Å². The smallest absolute Gasteiger partial charge is 0.339 e. The molecule has 1 heterocycles. The second-order valence-electron chi connectivity index (χ2n) is 7.42. The van der Waals surface area contributed by atoms with Gasteiger partial charge in [-0.25, -0.2) is 4.79 Å². The molecule has 2 aromatic rings. The molecule has 2 aliphatic rings. The fourth-order valence-electron chi connectivity index (χ4n) is 4.28. The van der Waals surface area contributed by atoms with Gasteiger partial charge in [0, 0.05) is 18.4 Å². The van der Waals surface area contributed by atoms with E-state index in [4.69, 9.17) is 15.2 Å². The van der Waals surface area contributed by atoms with Crippen LogP contribution < -0.4 is 20.5 Å². The third-order valence-corrected chi connectivity index (χ3v) is 5.61. The van der Waals surface area contributed by atoms with Gasteiger partial charge in [-0.15, -0.1) is 0 Å². The third kappa shape index (κ3) is 3.78. The van der Waals surface area contributed by atoms with Crippen LogP contribution in [-0.4, -0.2) is 36.4 Å². The summed E-state index contributed by atoms with van der Waals surface area (Å²) in [5.74, 6) is -0.361. The lowest BCUT2D eigenvalue weighted by molar-refractivity contribution is -0.121. The van der Waals surface area contributed by atoms with Crippen molar-refractivity contribution in [1.82, 2.24) is 5.32 Å². The molecule has 2 atom stereocenters. The number of carbonyl (C=O) groups is 2. The molecule has 7 heteroatoms. The Bertz CT molecular complexity index is 943. The highest BCUT2D eigenvalue weighted by molar-refractivity contribution is 5.94. The molecule has 152 valence electrons. The summed E-state index contributed by atoms with van der Waals surface area (Å²) in [7, 11) is 0. The minimum Gasteiger partial charge on any atom is -0.478 e. The molecule has 0 spiro atoms. The van der Waals surface area contributed by atoms with E-state index in [2.05, 4.69) is 17.4 Å². The Morgan fingerprint density at radius 3 is 2.79 bits per heavy atom. The fourth-order valence-corrected chi connectivity index (χ4v) is 4.28. The topological polar surface area (TPSA) is 111 Å². The van der Waals surface area contributed by atoms with Crippen molar-refractivity contribution in [2.75, 3.05) is 13.3 Å². The number of nitrogens with one attached hydrogen (secondary N) is 1. The predicted octanol–water partition coefficient (Wildman–Crippen LogP) is 2.22. The summed E-state index contributed by atoms with van der Waals surface area (Å²) >= 11 is 0. The highest BCUT2D eigenvalue weighted by atomic mass is 16.7. The molecule has 4 N–H and O–H groups in total. The van der Waals surface area contributed by atoms with Crippen molar-refractivity contribution >= 4 is 11.9 Å². The molecular formula is C22H24N2O5. The molecule has 1 aliphatic heterocycles. The van der Waals surface area contributed by atoms with Crippen molar-refractivity contribution in [3.05, 3.63) is 58.7 Å². The number of benzene rings is 2. The van der Waals surface area contributed by atoms with E-state index >= 15 is 0 Å². The number of ether oxygens (including phenoxy) is 2. The van der Waals surface area contributed by atoms with Crippen molar-refractivity contribution in [2.45, 2.75) is 37.6 Å². The Morgan fingerprint density at radius 2 is 2.00 bits per heavy atom. The molecule has 4 rings (SSSR count). The molecule has 0 aromatic heterocycles. The van der Waals surface area contributed by atoms with Crippen LogP contribution in [-0.2, 0) is 17.6 Å². The summed E-state index contributed by atoms with van der Waals surface area (Å²) in [6, 6.07) is 11.5. The lowest BCUT2D eigenvalue weighted by atomic mass is 9.88. The van der Waals surface area contributed by atoms with Gasteiger partial charge in [-0.1, -0.05) is 30.3 Å². The van der Waals surface area contributed by atoms with Gasteiger partial charge in [0.25, 0.3) is 0 Å². The van der Waals surface area contributed by atoms with Crippen LogP contribution in [0.2, 0.25) is 0 Å². The standard InChI is InChI=1S/C22H24N2O5/c23-9-3-6-19(25)24-17-11-13-4-1-2-5-15(13)16(17)10-14-7-8-18-21(29-12-28-18)20(14)22(26)27/h1-2,4-5,7-8,16-17H,3,6,9-12,23H2,(H,24,25)(H,26,27)/t16-,17+/m0/s1. The first-order chi connectivity index (χ1) is 14.1. The van der Waals surface area contributed by atoms with Gasteiger partial charge in [-0.05, 0) is 48.6 Å². The van der Waals surface area contributed by atoms with E-state index in [0.29, 0.717) is 37.1 Å². The number of fused-ring (bicyclic) bond motifs is 2. The largest absolute Gasteiger partial charge is 0.478 e. The second kappa shape index (κ2) is 8.13. The van der Waals surface area contributed by atoms with Crippen molar-refractivity contribution in [3.63, 3.8) is 0 Å². The number of amides is 1.